The number of aryl methyl sites for hydroxylation is 2. The summed E-state index contributed by atoms with van der Waals surface area (Å²) >= 11 is 1.46. The molecule has 0 fully saturated rings. The van der Waals surface area contributed by atoms with Gasteiger partial charge in [0.2, 0.25) is 0 Å². The first kappa shape index (κ1) is 16.0. The number of carbonyl (C=O) groups is 1. The Morgan fingerprint density at radius 3 is 2.45 bits per heavy atom. The Morgan fingerprint density at radius 1 is 1.23 bits per heavy atom. The van der Waals surface area contributed by atoms with E-state index in [0.29, 0.717) is 16.6 Å². The van der Waals surface area contributed by atoms with Crippen molar-refractivity contribution in [3.05, 3.63) is 53.3 Å². The van der Waals surface area contributed by atoms with Gasteiger partial charge in [0.1, 0.15) is 0 Å². The van der Waals surface area contributed by atoms with Gasteiger partial charge in [-0.15, -0.1) is 0 Å². The van der Waals surface area contributed by atoms with Crippen molar-refractivity contribution in [1.29, 1.82) is 0 Å². The van der Waals surface area contributed by atoms with Crippen molar-refractivity contribution < 1.29 is 4.79 Å². The normalized spacial score (nSPS) is 11.3. The van der Waals surface area contributed by atoms with E-state index >= 15 is 0 Å². The van der Waals surface area contributed by atoms with Crippen LogP contribution in [0, 0.1) is 13.8 Å². The number of nitrogens with zero attached hydrogens (tertiary/aromatic N) is 3. The second-order valence-corrected chi connectivity index (χ2v) is 5.57. The number of aromatic nitrogens is 2. The summed E-state index contributed by atoms with van der Waals surface area (Å²) in [6.45, 7) is 3.86. The molecule has 3 N–H and O–H groups in total. The minimum Gasteiger partial charge on any atom is -0.350 e. The van der Waals surface area contributed by atoms with Gasteiger partial charge in [0.05, 0.1) is 5.71 Å². The van der Waals surface area contributed by atoms with Gasteiger partial charge in [0.15, 0.2) is 5.16 Å². The highest BCUT2D eigenvalue weighted by molar-refractivity contribution is 7.99. The number of hydrogen-bond donors (Lipinski definition) is 2. The van der Waals surface area contributed by atoms with Crippen LogP contribution in [0.2, 0.25) is 0 Å². The molecule has 1 aromatic carbocycles. The van der Waals surface area contributed by atoms with E-state index in [1.54, 1.807) is 0 Å². The first-order valence-corrected chi connectivity index (χ1v) is 7.65. The standard InChI is InChI=1S/C15H17N5OS/c1-10-8-11(2)18-15(17-10)22-9-13(19-20-14(16)21)12-6-4-3-5-7-12/h3-8H,9H2,1-2H3,(H3,16,20,21). The average Bonchev–Trinajstić information content (AvgIpc) is 2.47. The number of rotatable bonds is 5. The van der Waals surface area contributed by atoms with Gasteiger partial charge in [-0.25, -0.2) is 20.2 Å². The molecule has 0 saturated carbocycles. The molecule has 0 saturated heterocycles. The van der Waals surface area contributed by atoms with Crippen LogP contribution < -0.4 is 11.2 Å². The summed E-state index contributed by atoms with van der Waals surface area (Å²) in [5.74, 6) is 0.521. The van der Waals surface area contributed by atoms with Crippen molar-refractivity contribution >= 4 is 23.5 Å². The summed E-state index contributed by atoms with van der Waals surface area (Å²) in [6, 6.07) is 10.8. The van der Waals surface area contributed by atoms with Gasteiger partial charge in [0, 0.05) is 17.1 Å². The predicted octanol–water partition coefficient (Wildman–Crippen LogP) is 2.26. The number of primary amides is 1. The lowest BCUT2D eigenvalue weighted by molar-refractivity contribution is 0.249. The summed E-state index contributed by atoms with van der Waals surface area (Å²) in [5.41, 5.74) is 10.8. The van der Waals surface area contributed by atoms with Gasteiger partial charge in [-0.05, 0) is 25.5 Å². The van der Waals surface area contributed by atoms with Crippen molar-refractivity contribution in [2.75, 3.05) is 5.75 Å². The van der Waals surface area contributed by atoms with Crippen molar-refractivity contribution in [3.63, 3.8) is 0 Å². The molecule has 2 aromatic rings. The average molecular weight is 315 g/mol. The van der Waals surface area contributed by atoms with E-state index in [2.05, 4.69) is 20.5 Å². The fraction of sp³-hybridized carbons (Fsp3) is 0.200. The summed E-state index contributed by atoms with van der Waals surface area (Å²) in [5, 5.41) is 4.75. The quantitative estimate of drug-likeness (QED) is 0.383. The second kappa shape index (κ2) is 7.56. The first-order valence-electron chi connectivity index (χ1n) is 6.67. The van der Waals surface area contributed by atoms with Crippen LogP contribution in [-0.2, 0) is 0 Å². The van der Waals surface area contributed by atoms with E-state index in [9.17, 15) is 4.79 Å². The van der Waals surface area contributed by atoms with Gasteiger partial charge in [-0.2, -0.15) is 5.10 Å². The van der Waals surface area contributed by atoms with Crippen LogP contribution in [0.25, 0.3) is 0 Å². The predicted molar refractivity (Wildman–Crippen MR) is 87.9 cm³/mol. The highest BCUT2D eigenvalue weighted by Crippen LogP contribution is 2.16. The largest absolute Gasteiger partial charge is 0.350 e. The third kappa shape index (κ3) is 4.85. The number of nitrogens with two attached hydrogens (primary N) is 1. The minimum absolute atomic E-state index is 0.521. The SMILES string of the molecule is Cc1cc(C)nc(SCC(=NNC(N)=O)c2ccccc2)n1. The van der Waals surface area contributed by atoms with E-state index in [-0.39, 0.29) is 0 Å². The molecule has 114 valence electrons. The van der Waals surface area contributed by atoms with Gasteiger partial charge in [0.25, 0.3) is 0 Å². The van der Waals surface area contributed by atoms with Crippen LogP contribution in [0.4, 0.5) is 4.79 Å². The Bertz CT molecular complexity index is 667. The van der Waals surface area contributed by atoms with Gasteiger partial charge in [-0.3, -0.25) is 0 Å². The number of hydrazone groups is 1. The molecule has 2 rings (SSSR count). The Kier molecular flexibility index (Phi) is 5.48. The van der Waals surface area contributed by atoms with Gasteiger partial charge in [-0.1, -0.05) is 42.1 Å². The zero-order valence-corrected chi connectivity index (χ0v) is 13.2. The molecule has 0 aliphatic heterocycles. The van der Waals surface area contributed by atoms with Crippen LogP contribution in [0.15, 0.2) is 46.7 Å². The number of hydrogen-bond acceptors (Lipinski definition) is 5. The summed E-state index contributed by atoms with van der Waals surface area (Å²) in [7, 11) is 0. The molecular formula is C15H17N5OS. The third-order valence-corrected chi connectivity index (χ3v) is 3.57. The maximum Gasteiger partial charge on any atom is 0.332 e. The topological polar surface area (TPSA) is 93.3 Å². The maximum atomic E-state index is 10.9. The van der Waals surface area contributed by atoms with Crippen LogP contribution in [0.3, 0.4) is 0 Å². The molecule has 7 heteroatoms. The van der Waals surface area contributed by atoms with Gasteiger partial charge < -0.3 is 5.73 Å². The second-order valence-electron chi connectivity index (χ2n) is 4.62. The molecule has 0 unspecified atom stereocenters. The Morgan fingerprint density at radius 2 is 1.86 bits per heavy atom. The zero-order valence-electron chi connectivity index (χ0n) is 12.4. The fourth-order valence-electron chi connectivity index (χ4n) is 1.82. The molecule has 0 atom stereocenters. The van der Waals surface area contributed by atoms with Crippen molar-refractivity contribution in [2.24, 2.45) is 10.8 Å². The summed E-state index contributed by atoms with van der Waals surface area (Å²) < 4.78 is 0. The maximum absolute atomic E-state index is 10.9. The third-order valence-electron chi connectivity index (χ3n) is 2.71. The number of benzene rings is 1. The monoisotopic (exact) mass is 315 g/mol. The van der Waals surface area contributed by atoms with Crippen molar-refractivity contribution in [3.8, 4) is 0 Å². The molecule has 0 aliphatic rings. The molecule has 22 heavy (non-hydrogen) atoms. The zero-order chi connectivity index (χ0) is 15.9. The molecule has 1 heterocycles. The fourth-order valence-corrected chi connectivity index (χ4v) is 2.74. The summed E-state index contributed by atoms with van der Waals surface area (Å²) in [6.07, 6.45) is 0. The number of carbonyl (C=O) groups excluding carboxylic acids is 1. The molecule has 1 aromatic heterocycles. The van der Waals surface area contributed by atoms with Crippen molar-refractivity contribution in [1.82, 2.24) is 15.4 Å². The molecular weight excluding hydrogens is 298 g/mol. The van der Waals surface area contributed by atoms with Crippen molar-refractivity contribution in [2.45, 2.75) is 19.0 Å². The lowest BCUT2D eigenvalue weighted by atomic mass is 10.1. The lowest BCUT2D eigenvalue weighted by Crippen LogP contribution is -2.26. The Hall–Kier alpha value is -2.41. The molecule has 0 spiro atoms. The lowest BCUT2D eigenvalue weighted by Gasteiger charge is -2.07. The molecule has 0 bridgehead atoms. The van der Waals surface area contributed by atoms with Crippen LogP contribution in [0.5, 0.6) is 0 Å². The highest BCUT2D eigenvalue weighted by atomic mass is 32.2. The van der Waals surface area contributed by atoms with Gasteiger partial charge >= 0.3 is 6.03 Å². The minimum atomic E-state index is -0.693. The van der Waals surface area contributed by atoms with E-state index in [1.807, 2.05) is 50.2 Å². The first-order chi connectivity index (χ1) is 10.5. The summed E-state index contributed by atoms with van der Waals surface area (Å²) in [4.78, 5) is 19.6. The molecule has 6 nitrogen and oxygen atoms in total. The van der Waals surface area contributed by atoms with Crippen LogP contribution >= 0.6 is 11.8 Å². The Balaban J connectivity index is 2.16. The van der Waals surface area contributed by atoms with E-state index < -0.39 is 6.03 Å². The van der Waals surface area contributed by atoms with Crippen LogP contribution in [0.1, 0.15) is 17.0 Å². The van der Waals surface area contributed by atoms with E-state index in [1.165, 1.54) is 11.8 Å². The number of thioether (sulfide) groups is 1. The molecule has 0 radical (unpaired) electrons. The molecule has 0 aliphatic carbocycles. The number of urea groups is 1. The Labute approximate surface area is 133 Å². The van der Waals surface area contributed by atoms with E-state index in [4.69, 9.17) is 5.73 Å². The van der Waals surface area contributed by atoms with E-state index in [0.717, 1.165) is 17.0 Å². The highest BCUT2D eigenvalue weighted by Gasteiger charge is 2.08. The number of amides is 2. The smallest absolute Gasteiger partial charge is 0.332 e. The number of nitrogens with one attached hydrogen (secondary N) is 1. The van der Waals surface area contributed by atoms with Crippen LogP contribution in [-0.4, -0.2) is 27.5 Å². The molecule has 2 amide bonds.